The van der Waals surface area contributed by atoms with Crippen LogP contribution >= 0.6 is 0 Å². The van der Waals surface area contributed by atoms with Gasteiger partial charge in [0.05, 0.1) is 0 Å². The van der Waals surface area contributed by atoms with E-state index in [1.54, 1.807) is 0 Å². The zero-order chi connectivity index (χ0) is 15.5. The molecule has 0 aromatic carbocycles. The molecule has 3 rings (SSSR count). The van der Waals surface area contributed by atoms with Crippen LogP contribution in [0, 0.1) is 11.8 Å². The molecule has 5 nitrogen and oxygen atoms in total. The maximum atomic E-state index is 12.6. The Labute approximate surface area is 133 Å². The lowest BCUT2D eigenvalue weighted by Gasteiger charge is -2.39. The first-order valence-corrected chi connectivity index (χ1v) is 8.99. The highest BCUT2D eigenvalue weighted by Gasteiger charge is 2.34. The summed E-state index contributed by atoms with van der Waals surface area (Å²) in [5.41, 5.74) is 0. The summed E-state index contributed by atoms with van der Waals surface area (Å²) in [6.45, 7) is 8.54. The first kappa shape index (κ1) is 15.8. The van der Waals surface area contributed by atoms with E-state index in [4.69, 9.17) is 0 Å². The van der Waals surface area contributed by atoms with Crippen molar-refractivity contribution in [3.8, 4) is 0 Å². The Morgan fingerprint density at radius 2 is 1.27 bits per heavy atom. The first-order valence-electron chi connectivity index (χ1n) is 8.99. The highest BCUT2D eigenvalue weighted by Crippen LogP contribution is 2.30. The van der Waals surface area contributed by atoms with E-state index >= 15 is 0 Å². The van der Waals surface area contributed by atoms with Crippen LogP contribution in [0.5, 0.6) is 0 Å². The zero-order valence-electron chi connectivity index (χ0n) is 13.8. The summed E-state index contributed by atoms with van der Waals surface area (Å²) in [6.07, 6.45) is 5.05. The molecule has 0 N–H and O–H groups in total. The summed E-state index contributed by atoms with van der Waals surface area (Å²) in [7, 11) is 0. The van der Waals surface area contributed by atoms with Crippen LogP contribution in [0.2, 0.25) is 0 Å². The summed E-state index contributed by atoms with van der Waals surface area (Å²) in [6, 6.07) is 0. The van der Waals surface area contributed by atoms with E-state index in [1.165, 1.54) is 6.42 Å². The molecule has 0 aromatic heterocycles. The Morgan fingerprint density at radius 1 is 0.773 bits per heavy atom. The Hall–Kier alpha value is -1.10. The molecule has 1 aliphatic carbocycles. The summed E-state index contributed by atoms with van der Waals surface area (Å²) in [5.74, 6) is 1.09. The van der Waals surface area contributed by atoms with E-state index in [1.807, 2.05) is 9.80 Å². The molecule has 0 unspecified atom stereocenters. The summed E-state index contributed by atoms with van der Waals surface area (Å²) in [4.78, 5) is 31.3. The van der Waals surface area contributed by atoms with Crippen LogP contribution < -0.4 is 0 Å². The molecule has 3 aliphatic rings. The standard InChI is InChI=1S/C17H29N3O2/c1-2-18-10-12-20(13-11-18)17(22)15-6-8-19(9-7-15)16(21)14-4-3-5-14/h14-15H,2-13H2,1H3. The van der Waals surface area contributed by atoms with Gasteiger partial charge in [0.1, 0.15) is 0 Å². The fourth-order valence-electron chi connectivity index (χ4n) is 3.80. The van der Waals surface area contributed by atoms with Gasteiger partial charge < -0.3 is 14.7 Å². The van der Waals surface area contributed by atoms with Gasteiger partial charge in [0, 0.05) is 51.1 Å². The fraction of sp³-hybridized carbons (Fsp3) is 0.882. The molecule has 2 aliphatic heterocycles. The molecule has 0 aromatic rings. The van der Waals surface area contributed by atoms with Crippen LogP contribution in [0.15, 0.2) is 0 Å². The van der Waals surface area contributed by atoms with Gasteiger partial charge in [0.2, 0.25) is 11.8 Å². The smallest absolute Gasteiger partial charge is 0.225 e. The van der Waals surface area contributed by atoms with Gasteiger partial charge in [-0.2, -0.15) is 0 Å². The van der Waals surface area contributed by atoms with Crippen LogP contribution in [0.3, 0.4) is 0 Å². The number of hydrogen-bond acceptors (Lipinski definition) is 3. The van der Waals surface area contributed by atoms with Crippen LogP contribution in [0.25, 0.3) is 0 Å². The number of carbonyl (C=O) groups is 2. The van der Waals surface area contributed by atoms with Crippen molar-refractivity contribution in [3.05, 3.63) is 0 Å². The van der Waals surface area contributed by atoms with Crippen molar-refractivity contribution in [1.82, 2.24) is 14.7 Å². The van der Waals surface area contributed by atoms with E-state index in [2.05, 4.69) is 11.8 Å². The molecule has 0 atom stereocenters. The third-order valence-corrected chi connectivity index (χ3v) is 5.74. The normalized spacial score (nSPS) is 25.1. The van der Waals surface area contributed by atoms with Gasteiger partial charge in [-0.15, -0.1) is 0 Å². The second kappa shape index (κ2) is 6.99. The van der Waals surface area contributed by atoms with Gasteiger partial charge in [-0.05, 0) is 32.2 Å². The Bertz CT molecular complexity index is 406. The van der Waals surface area contributed by atoms with Crippen LogP contribution in [-0.2, 0) is 9.59 Å². The minimum absolute atomic E-state index is 0.138. The number of rotatable bonds is 3. The monoisotopic (exact) mass is 307 g/mol. The summed E-state index contributed by atoms with van der Waals surface area (Å²) in [5, 5.41) is 0. The molecule has 0 bridgehead atoms. The van der Waals surface area contributed by atoms with Gasteiger partial charge in [-0.3, -0.25) is 9.59 Å². The molecule has 2 heterocycles. The number of piperidine rings is 1. The highest BCUT2D eigenvalue weighted by molar-refractivity contribution is 5.81. The van der Waals surface area contributed by atoms with Crippen LogP contribution in [0.1, 0.15) is 39.0 Å². The number of likely N-dealkylation sites (tertiary alicyclic amines) is 1. The van der Waals surface area contributed by atoms with E-state index in [-0.39, 0.29) is 11.8 Å². The number of hydrogen-bond donors (Lipinski definition) is 0. The lowest BCUT2D eigenvalue weighted by molar-refractivity contribution is -0.144. The fourth-order valence-corrected chi connectivity index (χ4v) is 3.80. The molecule has 0 radical (unpaired) electrons. The number of nitrogens with zero attached hydrogens (tertiary/aromatic N) is 3. The lowest BCUT2D eigenvalue weighted by atomic mass is 9.83. The van der Waals surface area contributed by atoms with Gasteiger partial charge in [-0.1, -0.05) is 13.3 Å². The van der Waals surface area contributed by atoms with Crippen molar-refractivity contribution in [2.24, 2.45) is 11.8 Å². The number of carbonyl (C=O) groups excluding carboxylic acids is 2. The molecular weight excluding hydrogens is 278 g/mol. The second-order valence-electron chi connectivity index (χ2n) is 6.99. The molecule has 0 spiro atoms. The Kier molecular flexibility index (Phi) is 5.01. The molecule has 2 saturated heterocycles. The lowest BCUT2D eigenvalue weighted by Crippen LogP contribution is -2.52. The van der Waals surface area contributed by atoms with E-state index in [0.717, 1.165) is 71.5 Å². The molecule has 3 fully saturated rings. The maximum Gasteiger partial charge on any atom is 0.225 e. The third-order valence-electron chi connectivity index (χ3n) is 5.74. The molecule has 22 heavy (non-hydrogen) atoms. The van der Waals surface area contributed by atoms with Crippen molar-refractivity contribution in [1.29, 1.82) is 0 Å². The maximum absolute atomic E-state index is 12.6. The minimum Gasteiger partial charge on any atom is -0.342 e. The van der Waals surface area contributed by atoms with Crippen molar-refractivity contribution in [2.45, 2.75) is 39.0 Å². The highest BCUT2D eigenvalue weighted by atomic mass is 16.2. The quantitative estimate of drug-likeness (QED) is 0.787. The van der Waals surface area contributed by atoms with Crippen molar-refractivity contribution >= 4 is 11.8 Å². The van der Waals surface area contributed by atoms with Gasteiger partial charge in [-0.25, -0.2) is 0 Å². The first-order chi connectivity index (χ1) is 10.7. The molecule has 5 heteroatoms. The molecule has 124 valence electrons. The largest absolute Gasteiger partial charge is 0.342 e. The predicted octanol–water partition coefficient (Wildman–Crippen LogP) is 1.19. The number of piperazine rings is 1. The van der Waals surface area contributed by atoms with E-state index in [0.29, 0.717) is 11.8 Å². The van der Waals surface area contributed by atoms with Crippen LogP contribution in [-0.4, -0.2) is 72.3 Å². The van der Waals surface area contributed by atoms with Crippen molar-refractivity contribution in [3.63, 3.8) is 0 Å². The zero-order valence-corrected chi connectivity index (χ0v) is 13.8. The van der Waals surface area contributed by atoms with E-state index < -0.39 is 0 Å². The van der Waals surface area contributed by atoms with Gasteiger partial charge in [0.25, 0.3) is 0 Å². The summed E-state index contributed by atoms with van der Waals surface area (Å²) < 4.78 is 0. The number of amides is 2. The molecule has 2 amide bonds. The minimum atomic E-state index is 0.138. The average molecular weight is 307 g/mol. The third kappa shape index (κ3) is 3.29. The van der Waals surface area contributed by atoms with Crippen LogP contribution in [0.4, 0.5) is 0 Å². The van der Waals surface area contributed by atoms with Gasteiger partial charge >= 0.3 is 0 Å². The molecular formula is C17H29N3O2. The number of likely N-dealkylation sites (N-methyl/N-ethyl adjacent to an activating group) is 1. The SMILES string of the molecule is CCN1CCN(C(=O)C2CCN(C(=O)C3CCC3)CC2)CC1. The van der Waals surface area contributed by atoms with Crippen molar-refractivity contribution < 1.29 is 9.59 Å². The van der Waals surface area contributed by atoms with Crippen molar-refractivity contribution in [2.75, 3.05) is 45.8 Å². The summed E-state index contributed by atoms with van der Waals surface area (Å²) >= 11 is 0. The Morgan fingerprint density at radius 3 is 1.73 bits per heavy atom. The van der Waals surface area contributed by atoms with Gasteiger partial charge in [0.15, 0.2) is 0 Å². The average Bonchev–Trinajstić information content (AvgIpc) is 2.53. The Balaban J connectivity index is 1.44. The predicted molar refractivity (Wildman–Crippen MR) is 85.3 cm³/mol. The van der Waals surface area contributed by atoms with E-state index in [9.17, 15) is 9.59 Å². The molecule has 1 saturated carbocycles. The topological polar surface area (TPSA) is 43.9 Å². The second-order valence-corrected chi connectivity index (χ2v) is 6.99.